The summed E-state index contributed by atoms with van der Waals surface area (Å²) in [5.74, 6) is 1.23. The van der Waals surface area contributed by atoms with Crippen LogP contribution in [0.5, 0.6) is 5.75 Å². The second kappa shape index (κ2) is 8.45. The van der Waals surface area contributed by atoms with E-state index in [9.17, 15) is 4.79 Å². The van der Waals surface area contributed by atoms with Crippen LogP contribution in [-0.4, -0.2) is 28.7 Å². The van der Waals surface area contributed by atoms with Gasteiger partial charge in [-0.1, -0.05) is 36.0 Å². The number of hydrogen-bond donors (Lipinski definition) is 1. The molecule has 0 aliphatic heterocycles. The number of ether oxygens (including phenoxy) is 1. The van der Waals surface area contributed by atoms with Crippen LogP contribution < -0.4 is 10.1 Å². The lowest BCUT2D eigenvalue weighted by atomic mass is 10.1. The molecule has 0 saturated carbocycles. The zero-order chi connectivity index (χ0) is 19.3. The summed E-state index contributed by atoms with van der Waals surface area (Å²) in [6.45, 7) is 0. The van der Waals surface area contributed by atoms with E-state index < -0.39 is 0 Å². The van der Waals surface area contributed by atoms with E-state index in [0.717, 1.165) is 28.1 Å². The number of amides is 1. The number of methoxy groups -OCH3 is 1. The Morgan fingerprint density at radius 2 is 2.00 bits per heavy atom. The molecule has 8 heteroatoms. The topological polar surface area (TPSA) is 77.2 Å². The van der Waals surface area contributed by atoms with Crippen LogP contribution in [-0.2, 0) is 4.79 Å². The lowest BCUT2D eigenvalue weighted by molar-refractivity contribution is -0.115. The highest BCUT2D eigenvalue weighted by atomic mass is 32.2. The number of aromatic nitrogens is 2. The highest BCUT2D eigenvalue weighted by molar-refractivity contribution is 7.99. The minimum Gasteiger partial charge on any atom is -0.496 e. The number of rotatable bonds is 7. The van der Waals surface area contributed by atoms with Crippen molar-refractivity contribution in [2.24, 2.45) is 0 Å². The molecule has 28 heavy (non-hydrogen) atoms. The second-order valence-corrected chi connectivity index (χ2v) is 7.74. The molecule has 2 aromatic heterocycles. The normalized spacial score (nSPS) is 10.9. The van der Waals surface area contributed by atoms with Gasteiger partial charge in [0.1, 0.15) is 11.3 Å². The first kappa shape index (κ1) is 18.5. The summed E-state index contributed by atoms with van der Waals surface area (Å²) < 4.78 is 11.0. The summed E-state index contributed by atoms with van der Waals surface area (Å²) >= 11 is 2.81. The molecule has 0 aliphatic rings. The molecule has 1 N–H and O–H groups in total. The van der Waals surface area contributed by atoms with Crippen LogP contribution in [0, 0.1) is 0 Å². The number of benzene rings is 2. The number of fused-ring (bicyclic) bond motifs is 1. The maximum Gasteiger partial charge on any atom is 0.256 e. The number of hydrogen-bond acceptors (Lipinski definition) is 7. The van der Waals surface area contributed by atoms with E-state index >= 15 is 0 Å². The Labute approximate surface area is 170 Å². The second-order valence-electron chi connectivity index (χ2n) is 5.83. The van der Waals surface area contributed by atoms with Gasteiger partial charge >= 0.3 is 0 Å². The number of thiazole rings is 1. The first-order chi connectivity index (χ1) is 13.7. The van der Waals surface area contributed by atoms with Crippen LogP contribution in [0.4, 0.5) is 5.13 Å². The van der Waals surface area contributed by atoms with Crippen molar-refractivity contribution in [1.29, 1.82) is 0 Å². The summed E-state index contributed by atoms with van der Waals surface area (Å²) in [4.78, 5) is 21.1. The van der Waals surface area contributed by atoms with Crippen LogP contribution in [0.2, 0.25) is 0 Å². The molecule has 0 aliphatic carbocycles. The Bertz CT molecular complexity index is 1070. The number of carbonyl (C=O) groups excluding carboxylic acids is 1. The average molecular weight is 412 g/mol. The van der Waals surface area contributed by atoms with Gasteiger partial charge in [0.2, 0.25) is 5.91 Å². The van der Waals surface area contributed by atoms with Crippen molar-refractivity contribution in [2.75, 3.05) is 18.2 Å². The van der Waals surface area contributed by atoms with Gasteiger partial charge in [-0.2, -0.15) is 0 Å². The predicted molar refractivity (Wildman–Crippen MR) is 112 cm³/mol. The molecule has 0 fully saturated rings. The van der Waals surface area contributed by atoms with E-state index in [-0.39, 0.29) is 5.91 Å². The number of oxazole rings is 1. The molecular weight excluding hydrogens is 394 g/mol. The van der Waals surface area contributed by atoms with Crippen LogP contribution >= 0.6 is 23.1 Å². The third-order valence-electron chi connectivity index (χ3n) is 3.96. The van der Waals surface area contributed by atoms with Gasteiger partial charge in [0.15, 0.2) is 10.7 Å². The molecule has 2 heterocycles. The molecule has 4 aromatic rings. The quantitative estimate of drug-likeness (QED) is 0.427. The average Bonchev–Trinajstić information content (AvgIpc) is 3.34. The molecule has 4 rings (SSSR count). The first-order valence-corrected chi connectivity index (χ1v) is 10.5. The summed E-state index contributed by atoms with van der Waals surface area (Å²) in [5.41, 5.74) is 3.24. The Morgan fingerprint density at radius 3 is 2.86 bits per heavy atom. The van der Waals surface area contributed by atoms with Crippen LogP contribution in [0.1, 0.15) is 6.42 Å². The lowest BCUT2D eigenvalue weighted by Gasteiger charge is -2.05. The Morgan fingerprint density at radius 1 is 1.18 bits per heavy atom. The van der Waals surface area contributed by atoms with Crippen molar-refractivity contribution < 1.29 is 13.9 Å². The number of nitrogens with one attached hydrogen (secondary N) is 1. The van der Waals surface area contributed by atoms with Crippen molar-refractivity contribution in [3.8, 4) is 17.0 Å². The molecule has 1 amide bonds. The molecular formula is C20H17N3O3S2. The summed E-state index contributed by atoms with van der Waals surface area (Å²) in [7, 11) is 1.63. The van der Waals surface area contributed by atoms with Crippen molar-refractivity contribution in [2.45, 2.75) is 11.6 Å². The number of thioether (sulfide) groups is 1. The smallest absolute Gasteiger partial charge is 0.256 e. The van der Waals surface area contributed by atoms with Gasteiger partial charge < -0.3 is 14.5 Å². The molecule has 0 saturated heterocycles. The highest BCUT2D eigenvalue weighted by Gasteiger charge is 2.12. The molecule has 6 nitrogen and oxygen atoms in total. The van der Waals surface area contributed by atoms with Crippen molar-refractivity contribution in [3.63, 3.8) is 0 Å². The van der Waals surface area contributed by atoms with Crippen LogP contribution in [0.3, 0.4) is 0 Å². The van der Waals surface area contributed by atoms with E-state index in [1.54, 1.807) is 7.11 Å². The maximum atomic E-state index is 12.2. The third-order valence-corrected chi connectivity index (χ3v) is 5.55. The zero-order valence-corrected chi connectivity index (χ0v) is 16.7. The number of nitrogens with zero attached hydrogens (tertiary/aromatic N) is 2. The van der Waals surface area contributed by atoms with Crippen LogP contribution in [0.25, 0.3) is 22.4 Å². The van der Waals surface area contributed by atoms with E-state index in [1.807, 2.05) is 53.9 Å². The fraction of sp³-hybridized carbons (Fsp3) is 0.150. The number of para-hydroxylation sites is 3. The fourth-order valence-corrected chi connectivity index (χ4v) is 4.14. The number of anilines is 1. The predicted octanol–water partition coefficient (Wildman–Crippen LogP) is 5.08. The standard InChI is InChI=1S/C20H17N3O3S2/c1-25-16-8-4-2-6-13(16)15-12-28-19(21-15)23-18(24)10-11-27-20-22-14-7-3-5-9-17(14)26-20/h2-9,12H,10-11H2,1H3,(H,21,23,24). The first-order valence-electron chi connectivity index (χ1n) is 8.60. The summed E-state index contributed by atoms with van der Waals surface area (Å²) in [5, 5.41) is 5.89. The monoisotopic (exact) mass is 411 g/mol. The Hall–Kier alpha value is -2.84. The van der Waals surface area contributed by atoms with Gasteiger partial charge in [-0.05, 0) is 24.3 Å². The van der Waals surface area contributed by atoms with Crippen molar-refractivity contribution >= 4 is 45.2 Å². The SMILES string of the molecule is COc1ccccc1-c1csc(NC(=O)CCSc2nc3ccccc3o2)n1. The van der Waals surface area contributed by atoms with Gasteiger partial charge in [0, 0.05) is 23.1 Å². The molecule has 0 radical (unpaired) electrons. The fourth-order valence-electron chi connectivity index (χ4n) is 2.64. The third kappa shape index (κ3) is 4.18. The highest BCUT2D eigenvalue weighted by Crippen LogP contribution is 2.32. The largest absolute Gasteiger partial charge is 0.496 e. The minimum atomic E-state index is -0.0930. The summed E-state index contributed by atoms with van der Waals surface area (Å²) in [6, 6.07) is 15.3. The number of carbonyl (C=O) groups is 1. The Balaban J connectivity index is 1.32. The van der Waals surface area contributed by atoms with Gasteiger partial charge in [-0.3, -0.25) is 4.79 Å². The van der Waals surface area contributed by atoms with Gasteiger partial charge in [-0.25, -0.2) is 9.97 Å². The van der Waals surface area contributed by atoms with Gasteiger partial charge in [0.05, 0.1) is 12.8 Å². The lowest BCUT2D eigenvalue weighted by Crippen LogP contribution is -2.11. The van der Waals surface area contributed by atoms with Crippen molar-refractivity contribution in [1.82, 2.24) is 9.97 Å². The molecule has 142 valence electrons. The molecule has 0 spiro atoms. The Kier molecular flexibility index (Phi) is 5.59. The molecule has 0 unspecified atom stereocenters. The van der Waals surface area contributed by atoms with Crippen LogP contribution in [0.15, 0.2) is 63.6 Å². The maximum absolute atomic E-state index is 12.2. The molecule has 0 bridgehead atoms. The van der Waals surface area contributed by atoms with E-state index in [1.165, 1.54) is 23.1 Å². The minimum absolute atomic E-state index is 0.0930. The van der Waals surface area contributed by atoms with Gasteiger partial charge in [-0.15, -0.1) is 11.3 Å². The van der Waals surface area contributed by atoms with Gasteiger partial charge in [0.25, 0.3) is 5.22 Å². The molecule has 2 aromatic carbocycles. The van der Waals surface area contributed by atoms with E-state index in [2.05, 4.69) is 15.3 Å². The zero-order valence-electron chi connectivity index (χ0n) is 15.0. The summed E-state index contributed by atoms with van der Waals surface area (Å²) in [6.07, 6.45) is 0.340. The van der Waals surface area contributed by atoms with E-state index in [0.29, 0.717) is 22.5 Å². The molecule has 0 atom stereocenters. The van der Waals surface area contributed by atoms with E-state index in [4.69, 9.17) is 9.15 Å². The van der Waals surface area contributed by atoms with Crippen molar-refractivity contribution in [3.05, 3.63) is 53.9 Å².